The second-order valence-corrected chi connectivity index (χ2v) is 9.68. The van der Waals surface area contributed by atoms with Crippen molar-refractivity contribution in [1.82, 2.24) is 14.3 Å². The molecule has 2 aliphatic rings. The predicted octanol–water partition coefficient (Wildman–Crippen LogP) is 4.43. The van der Waals surface area contributed by atoms with Crippen molar-refractivity contribution in [3.05, 3.63) is 42.2 Å². The molecule has 1 N–H and O–H groups in total. The number of hydrogen-bond donors (Lipinski definition) is 1. The van der Waals surface area contributed by atoms with Crippen molar-refractivity contribution in [2.75, 3.05) is 33.4 Å². The average Bonchev–Trinajstić information content (AvgIpc) is 3.42. The molecule has 198 valence electrons. The summed E-state index contributed by atoms with van der Waals surface area (Å²) >= 11 is 0. The molecule has 1 aliphatic carbocycles. The molecule has 5 rings (SSSR count). The Hall–Kier alpha value is -3.24. The highest BCUT2D eigenvalue weighted by Gasteiger charge is 2.30. The van der Waals surface area contributed by atoms with Crippen LogP contribution in [-0.4, -0.2) is 71.2 Å². The standard InChI is InChI=1S/C27H31F2N3O5/c1-35-23-12-18(13-24(37-27(28)29)26(23)22(34)11-17-3-4-17)21-15-30-25-14-20(6-9-32(21)25)36-10-2-7-31-8-5-19(33)16-31/h6,9,12-15,17,19,27,33H,2-5,7-8,10-11,16H2,1H3. The summed E-state index contributed by atoms with van der Waals surface area (Å²) in [6, 6.07) is 6.73. The molecule has 3 heterocycles. The van der Waals surface area contributed by atoms with Crippen LogP contribution in [0.25, 0.3) is 16.9 Å². The number of pyridine rings is 1. The zero-order valence-corrected chi connectivity index (χ0v) is 20.7. The molecule has 0 bridgehead atoms. The first-order valence-corrected chi connectivity index (χ1v) is 12.6. The molecule has 10 heteroatoms. The highest BCUT2D eigenvalue weighted by molar-refractivity contribution is 6.02. The summed E-state index contributed by atoms with van der Waals surface area (Å²) in [6.07, 6.45) is 7.08. The normalized spacial score (nSPS) is 18.0. The van der Waals surface area contributed by atoms with Crippen LogP contribution in [0.5, 0.6) is 17.2 Å². The van der Waals surface area contributed by atoms with E-state index >= 15 is 0 Å². The third-order valence-corrected chi connectivity index (χ3v) is 6.87. The number of carbonyl (C=O) groups is 1. The number of aliphatic hydroxyl groups is 1. The number of ketones is 1. The van der Waals surface area contributed by atoms with Gasteiger partial charge in [-0.15, -0.1) is 0 Å². The number of benzene rings is 1. The van der Waals surface area contributed by atoms with Crippen LogP contribution in [0.15, 0.2) is 36.7 Å². The van der Waals surface area contributed by atoms with E-state index in [0.29, 0.717) is 41.7 Å². The number of alkyl halides is 2. The smallest absolute Gasteiger partial charge is 0.387 e. The minimum atomic E-state index is -3.08. The Morgan fingerprint density at radius 2 is 2.03 bits per heavy atom. The van der Waals surface area contributed by atoms with E-state index in [0.717, 1.165) is 38.8 Å². The number of imidazole rings is 1. The fourth-order valence-electron chi connectivity index (χ4n) is 4.81. The van der Waals surface area contributed by atoms with E-state index in [2.05, 4.69) is 9.88 Å². The molecule has 8 nitrogen and oxygen atoms in total. The number of fused-ring (bicyclic) bond motifs is 1. The van der Waals surface area contributed by atoms with Crippen molar-refractivity contribution in [2.24, 2.45) is 5.92 Å². The quantitative estimate of drug-likeness (QED) is 0.282. The van der Waals surface area contributed by atoms with Crippen molar-refractivity contribution in [3.63, 3.8) is 0 Å². The van der Waals surface area contributed by atoms with Crippen LogP contribution in [0.4, 0.5) is 8.78 Å². The molecule has 1 aliphatic heterocycles. The Kier molecular flexibility index (Phi) is 7.57. The molecule has 1 saturated heterocycles. The number of β-amino-alcohol motifs (C(OH)–C–C–N with tert-alkyl or cyclic N) is 1. The second-order valence-electron chi connectivity index (χ2n) is 9.68. The van der Waals surface area contributed by atoms with Gasteiger partial charge in [0.2, 0.25) is 0 Å². The largest absolute Gasteiger partial charge is 0.496 e. The Bertz CT molecular complexity index is 1260. The number of carbonyl (C=O) groups excluding carboxylic acids is 1. The maximum atomic E-state index is 13.3. The number of rotatable bonds is 12. The number of halogens is 2. The highest BCUT2D eigenvalue weighted by Crippen LogP contribution is 2.40. The van der Waals surface area contributed by atoms with Crippen LogP contribution >= 0.6 is 0 Å². The molecular formula is C27H31F2N3O5. The number of nitrogens with zero attached hydrogens (tertiary/aromatic N) is 3. The molecule has 0 spiro atoms. The molecule has 1 unspecified atom stereocenters. The van der Waals surface area contributed by atoms with E-state index < -0.39 is 6.61 Å². The first kappa shape index (κ1) is 25.4. The van der Waals surface area contributed by atoms with Gasteiger partial charge in [0.25, 0.3) is 0 Å². The number of ether oxygens (including phenoxy) is 3. The fraction of sp³-hybridized carbons (Fsp3) is 0.481. The first-order valence-electron chi connectivity index (χ1n) is 12.6. The van der Waals surface area contributed by atoms with Crippen molar-refractivity contribution < 1.29 is 32.9 Å². The number of aliphatic hydroxyl groups excluding tert-OH is 1. The first-order chi connectivity index (χ1) is 17.9. The maximum absolute atomic E-state index is 13.3. The van der Waals surface area contributed by atoms with E-state index in [1.165, 1.54) is 13.2 Å². The van der Waals surface area contributed by atoms with Gasteiger partial charge >= 0.3 is 6.61 Å². The van der Waals surface area contributed by atoms with E-state index in [-0.39, 0.29) is 35.4 Å². The van der Waals surface area contributed by atoms with Gasteiger partial charge in [0.05, 0.1) is 31.7 Å². The zero-order valence-electron chi connectivity index (χ0n) is 20.7. The number of aromatic nitrogens is 2. The summed E-state index contributed by atoms with van der Waals surface area (Å²) in [6.45, 7) is -0.0403. The van der Waals surface area contributed by atoms with Gasteiger partial charge in [-0.1, -0.05) is 0 Å². The molecule has 0 radical (unpaired) electrons. The summed E-state index contributed by atoms with van der Waals surface area (Å²) < 4.78 is 44.4. The molecule has 37 heavy (non-hydrogen) atoms. The van der Waals surface area contributed by atoms with Gasteiger partial charge in [0, 0.05) is 43.9 Å². The van der Waals surface area contributed by atoms with E-state index in [4.69, 9.17) is 14.2 Å². The average molecular weight is 516 g/mol. The molecule has 1 aromatic carbocycles. The lowest BCUT2D eigenvalue weighted by Gasteiger charge is -2.16. The van der Waals surface area contributed by atoms with Crippen molar-refractivity contribution in [1.29, 1.82) is 0 Å². The molecule has 0 amide bonds. The predicted molar refractivity (Wildman–Crippen MR) is 133 cm³/mol. The van der Waals surface area contributed by atoms with E-state index in [1.54, 1.807) is 18.5 Å². The summed E-state index contributed by atoms with van der Waals surface area (Å²) in [5.74, 6) is 0.697. The lowest BCUT2D eigenvalue weighted by atomic mass is 10.00. The number of Topliss-reactive ketones (excluding diaryl/α,β-unsaturated/α-hetero) is 1. The molecule has 2 fully saturated rings. The maximum Gasteiger partial charge on any atom is 0.387 e. The Morgan fingerprint density at radius 3 is 2.73 bits per heavy atom. The van der Waals surface area contributed by atoms with Crippen LogP contribution in [-0.2, 0) is 0 Å². The van der Waals surface area contributed by atoms with Crippen LogP contribution in [0.1, 0.15) is 42.5 Å². The zero-order chi connectivity index (χ0) is 25.9. The van der Waals surface area contributed by atoms with Gasteiger partial charge in [-0.3, -0.25) is 9.20 Å². The minimum Gasteiger partial charge on any atom is -0.496 e. The lowest BCUT2D eigenvalue weighted by Crippen LogP contribution is -2.24. The van der Waals surface area contributed by atoms with Gasteiger partial charge in [-0.2, -0.15) is 8.78 Å². The minimum absolute atomic E-state index is 0.0476. The molecule has 1 atom stereocenters. The third kappa shape index (κ3) is 6.02. The van der Waals surface area contributed by atoms with Gasteiger partial charge in [-0.05, 0) is 49.8 Å². The third-order valence-electron chi connectivity index (χ3n) is 6.87. The molecule has 2 aromatic heterocycles. The van der Waals surface area contributed by atoms with Crippen LogP contribution in [0.3, 0.4) is 0 Å². The van der Waals surface area contributed by atoms with Crippen molar-refractivity contribution in [2.45, 2.75) is 44.8 Å². The van der Waals surface area contributed by atoms with Gasteiger partial charge < -0.3 is 24.2 Å². The summed E-state index contributed by atoms with van der Waals surface area (Å²) in [5.41, 5.74) is 1.84. The van der Waals surface area contributed by atoms with Crippen molar-refractivity contribution in [3.8, 4) is 28.5 Å². The Balaban J connectivity index is 1.35. The van der Waals surface area contributed by atoms with Crippen molar-refractivity contribution >= 4 is 11.4 Å². The molecule has 3 aromatic rings. The van der Waals surface area contributed by atoms with E-state index in [9.17, 15) is 18.7 Å². The van der Waals surface area contributed by atoms with Gasteiger partial charge in [-0.25, -0.2) is 4.98 Å². The Labute approximate surface area is 213 Å². The SMILES string of the molecule is COc1cc(-c2cnc3cc(OCCCN4CCC(O)C4)ccn23)cc(OC(F)F)c1C(=O)CC1CC1. The van der Waals surface area contributed by atoms with Gasteiger partial charge in [0.1, 0.15) is 28.5 Å². The van der Waals surface area contributed by atoms with Crippen LogP contribution < -0.4 is 14.2 Å². The lowest BCUT2D eigenvalue weighted by molar-refractivity contribution is -0.0502. The number of methoxy groups -OCH3 is 1. The van der Waals surface area contributed by atoms with Crippen LogP contribution in [0.2, 0.25) is 0 Å². The van der Waals surface area contributed by atoms with Gasteiger partial charge in [0.15, 0.2) is 5.78 Å². The molecule has 1 saturated carbocycles. The molecular weight excluding hydrogens is 484 g/mol. The van der Waals surface area contributed by atoms with E-state index in [1.807, 2.05) is 16.5 Å². The second kappa shape index (κ2) is 11.0. The highest BCUT2D eigenvalue weighted by atomic mass is 19.3. The summed E-state index contributed by atoms with van der Waals surface area (Å²) in [4.78, 5) is 19.6. The Morgan fingerprint density at radius 1 is 1.22 bits per heavy atom. The van der Waals surface area contributed by atoms with Crippen LogP contribution in [0, 0.1) is 5.92 Å². The summed E-state index contributed by atoms with van der Waals surface area (Å²) in [7, 11) is 1.41. The number of hydrogen-bond acceptors (Lipinski definition) is 7. The monoisotopic (exact) mass is 515 g/mol. The number of likely N-dealkylation sites (tertiary alicyclic amines) is 1. The fourth-order valence-corrected chi connectivity index (χ4v) is 4.81. The topological polar surface area (TPSA) is 85.5 Å². The summed E-state index contributed by atoms with van der Waals surface area (Å²) in [5, 5.41) is 9.63.